The molecule has 0 saturated heterocycles. The molecule has 3 heteroatoms. The van der Waals surface area contributed by atoms with Crippen LogP contribution in [0.4, 0.5) is 0 Å². The van der Waals surface area contributed by atoms with Crippen molar-refractivity contribution in [1.82, 2.24) is 0 Å². The predicted molar refractivity (Wildman–Crippen MR) is 83.6 cm³/mol. The van der Waals surface area contributed by atoms with Gasteiger partial charge in [0.25, 0.3) is 0 Å². The molecule has 23 heavy (non-hydrogen) atoms. The van der Waals surface area contributed by atoms with Crippen LogP contribution < -0.4 is 9.47 Å². The SMILES string of the molecule is COc1ccc(OC)c2c1[C@@H]1[C@H]3[C@H]4[C@@H]3[C@@H]3[C@@]15C=C[C@@H](O)C[C@]35[C@H]24. The highest BCUT2D eigenvalue weighted by Crippen LogP contribution is 3.06. The Kier molecular flexibility index (Phi) is 1.59. The summed E-state index contributed by atoms with van der Waals surface area (Å²) in [5, 5.41) is 10.3. The Balaban J connectivity index is 1.58. The lowest BCUT2D eigenvalue weighted by Gasteiger charge is -2.50. The Hall–Kier alpha value is -1.48. The van der Waals surface area contributed by atoms with Crippen LogP contribution in [0.1, 0.15) is 29.4 Å². The van der Waals surface area contributed by atoms with Crippen LogP contribution in [0.15, 0.2) is 24.3 Å². The van der Waals surface area contributed by atoms with Crippen LogP contribution in [-0.4, -0.2) is 25.4 Å². The van der Waals surface area contributed by atoms with Gasteiger partial charge in [0.1, 0.15) is 11.5 Å². The fourth-order valence-corrected chi connectivity index (χ4v) is 8.58. The molecule has 0 unspecified atom stereocenters. The molecule has 9 atom stereocenters. The summed E-state index contributed by atoms with van der Waals surface area (Å²) in [6, 6.07) is 4.17. The summed E-state index contributed by atoms with van der Waals surface area (Å²) in [6.07, 6.45) is 5.18. The van der Waals surface area contributed by atoms with E-state index in [0.717, 1.165) is 41.6 Å². The fourth-order valence-electron chi connectivity index (χ4n) is 8.58. The molecule has 0 aliphatic heterocycles. The molecule has 7 aliphatic carbocycles. The standard InChI is InChI=1S/C20H20O3/c1-22-9-3-4-10(23-2)12-11(9)16-13-14-15(13)18-19(16)6-5-8(21)7-20(18,19)17(12)14/h3-6,8,13-18,21H,7H2,1-2H3/t8-,13+,14+,15-,16-,17-,18-,19-,20+/m1/s1. The van der Waals surface area contributed by atoms with E-state index in [2.05, 4.69) is 24.3 Å². The molecule has 2 bridgehead atoms. The Bertz CT molecular complexity index is 828. The summed E-state index contributed by atoms with van der Waals surface area (Å²) in [7, 11) is 3.58. The summed E-state index contributed by atoms with van der Waals surface area (Å²) in [4.78, 5) is 0. The Morgan fingerprint density at radius 3 is 2.35 bits per heavy atom. The molecule has 2 spiro atoms. The minimum Gasteiger partial charge on any atom is -0.496 e. The van der Waals surface area contributed by atoms with Gasteiger partial charge in [-0.05, 0) is 53.6 Å². The second kappa shape index (κ2) is 3.06. The van der Waals surface area contributed by atoms with Gasteiger partial charge >= 0.3 is 0 Å². The summed E-state index contributed by atoms with van der Waals surface area (Å²) in [5.41, 5.74) is 3.52. The number of aliphatic hydroxyl groups excluding tert-OH is 1. The van der Waals surface area contributed by atoms with Crippen LogP contribution in [0.5, 0.6) is 11.5 Å². The third-order valence-electron chi connectivity index (χ3n) is 8.62. The van der Waals surface area contributed by atoms with Gasteiger partial charge < -0.3 is 14.6 Å². The third-order valence-corrected chi connectivity index (χ3v) is 8.62. The van der Waals surface area contributed by atoms with E-state index in [9.17, 15) is 5.11 Å². The van der Waals surface area contributed by atoms with E-state index in [0.29, 0.717) is 22.7 Å². The zero-order valence-corrected chi connectivity index (χ0v) is 13.3. The fraction of sp³-hybridized carbons (Fsp3) is 0.600. The molecule has 8 rings (SSSR count). The van der Waals surface area contributed by atoms with Crippen LogP contribution >= 0.6 is 0 Å². The predicted octanol–water partition coefficient (Wildman–Crippen LogP) is 2.70. The average molecular weight is 308 g/mol. The van der Waals surface area contributed by atoms with E-state index in [-0.39, 0.29) is 6.10 Å². The highest BCUT2D eigenvalue weighted by atomic mass is 16.5. The summed E-state index contributed by atoms with van der Waals surface area (Å²) in [5.74, 6) is 6.66. The molecule has 118 valence electrons. The van der Waals surface area contributed by atoms with Crippen molar-refractivity contribution < 1.29 is 14.6 Å². The highest BCUT2D eigenvalue weighted by Gasteiger charge is 3.01. The average Bonchev–Trinajstić information content (AvgIpc) is 3.36. The number of hydrogen-bond acceptors (Lipinski definition) is 3. The van der Waals surface area contributed by atoms with Gasteiger partial charge in [0, 0.05) is 22.5 Å². The van der Waals surface area contributed by atoms with Gasteiger partial charge in [0.2, 0.25) is 0 Å². The molecule has 1 aromatic carbocycles. The van der Waals surface area contributed by atoms with Gasteiger partial charge in [-0.2, -0.15) is 0 Å². The first kappa shape index (κ1) is 12.0. The van der Waals surface area contributed by atoms with Gasteiger partial charge in [0.15, 0.2) is 0 Å². The van der Waals surface area contributed by atoms with Gasteiger partial charge in [0.05, 0.1) is 20.3 Å². The van der Waals surface area contributed by atoms with E-state index >= 15 is 0 Å². The van der Waals surface area contributed by atoms with Crippen LogP contribution in [0.3, 0.4) is 0 Å². The maximum absolute atomic E-state index is 10.3. The first-order valence-corrected chi connectivity index (χ1v) is 8.84. The van der Waals surface area contributed by atoms with Crippen LogP contribution in [0.25, 0.3) is 0 Å². The molecule has 0 amide bonds. The quantitative estimate of drug-likeness (QED) is 0.854. The molecule has 4 fully saturated rings. The van der Waals surface area contributed by atoms with Crippen molar-refractivity contribution in [2.45, 2.75) is 24.4 Å². The van der Waals surface area contributed by atoms with Crippen molar-refractivity contribution in [3.05, 3.63) is 35.4 Å². The lowest BCUT2D eigenvalue weighted by Crippen LogP contribution is -2.42. The van der Waals surface area contributed by atoms with Gasteiger partial charge in [-0.15, -0.1) is 0 Å². The molecule has 4 saturated carbocycles. The van der Waals surface area contributed by atoms with Crippen LogP contribution in [-0.2, 0) is 0 Å². The highest BCUT2D eigenvalue weighted by molar-refractivity contribution is 5.70. The van der Waals surface area contributed by atoms with E-state index in [4.69, 9.17) is 9.47 Å². The lowest BCUT2D eigenvalue weighted by molar-refractivity contribution is 0.0875. The number of aliphatic hydroxyl groups is 1. The second-order valence-electron chi connectivity index (χ2n) is 8.57. The van der Waals surface area contributed by atoms with Gasteiger partial charge in [-0.3, -0.25) is 0 Å². The normalized spacial score (nSPS) is 56.9. The smallest absolute Gasteiger partial charge is 0.122 e. The lowest BCUT2D eigenvalue weighted by atomic mass is 9.53. The van der Waals surface area contributed by atoms with E-state index in [1.807, 2.05) is 0 Å². The summed E-state index contributed by atoms with van der Waals surface area (Å²) < 4.78 is 11.5. The largest absolute Gasteiger partial charge is 0.496 e. The zero-order valence-electron chi connectivity index (χ0n) is 13.3. The van der Waals surface area contributed by atoms with E-state index < -0.39 is 0 Å². The van der Waals surface area contributed by atoms with Crippen LogP contribution in [0.2, 0.25) is 0 Å². The Morgan fingerprint density at radius 2 is 1.65 bits per heavy atom. The van der Waals surface area contributed by atoms with Crippen molar-refractivity contribution in [2.24, 2.45) is 34.5 Å². The molecule has 1 aromatic rings. The number of benzene rings is 1. The van der Waals surface area contributed by atoms with Crippen LogP contribution in [0, 0.1) is 34.5 Å². The van der Waals surface area contributed by atoms with E-state index in [1.165, 1.54) is 11.1 Å². The first-order chi connectivity index (χ1) is 11.2. The minimum atomic E-state index is -0.261. The van der Waals surface area contributed by atoms with Crippen molar-refractivity contribution in [3.63, 3.8) is 0 Å². The molecule has 7 aliphatic rings. The molecule has 0 radical (unpaired) electrons. The first-order valence-electron chi connectivity index (χ1n) is 8.84. The van der Waals surface area contributed by atoms with Gasteiger partial charge in [-0.25, -0.2) is 0 Å². The minimum absolute atomic E-state index is 0.261. The molecule has 0 aromatic heterocycles. The number of rotatable bonds is 2. The molecule has 0 heterocycles. The maximum atomic E-state index is 10.3. The topological polar surface area (TPSA) is 38.7 Å². The second-order valence-corrected chi connectivity index (χ2v) is 8.57. The zero-order chi connectivity index (χ0) is 15.3. The Labute approximate surface area is 135 Å². The van der Waals surface area contributed by atoms with E-state index in [1.54, 1.807) is 14.2 Å². The van der Waals surface area contributed by atoms with Crippen molar-refractivity contribution in [1.29, 1.82) is 0 Å². The third kappa shape index (κ3) is 0.840. The van der Waals surface area contributed by atoms with Crippen molar-refractivity contribution in [3.8, 4) is 11.5 Å². The van der Waals surface area contributed by atoms with Crippen molar-refractivity contribution >= 4 is 0 Å². The number of methoxy groups -OCH3 is 2. The number of ether oxygens (including phenoxy) is 2. The van der Waals surface area contributed by atoms with Gasteiger partial charge in [-0.1, -0.05) is 12.2 Å². The number of allylic oxidation sites excluding steroid dienone is 1. The number of hydrogen-bond donors (Lipinski definition) is 1. The van der Waals surface area contributed by atoms with Crippen molar-refractivity contribution in [2.75, 3.05) is 14.2 Å². The Morgan fingerprint density at radius 1 is 1.00 bits per heavy atom. The molecule has 3 nitrogen and oxygen atoms in total. The molecule has 1 N–H and O–H groups in total. The monoisotopic (exact) mass is 308 g/mol. The molecular weight excluding hydrogens is 288 g/mol. The molecular formula is C20H20O3. The summed E-state index contributed by atoms with van der Waals surface area (Å²) in [6.45, 7) is 0. The maximum Gasteiger partial charge on any atom is 0.122 e. The summed E-state index contributed by atoms with van der Waals surface area (Å²) >= 11 is 0.